The Morgan fingerprint density at radius 2 is 2.25 bits per heavy atom. The lowest BCUT2D eigenvalue weighted by atomic mass is 10.2. The van der Waals surface area contributed by atoms with Gasteiger partial charge in [-0.25, -0.2) is 14.8 Å². The fourth-order valence-electron chi connectivity index (χ4n) is 1.69. The molecule has 0 saturated heterocycles. The molecule has 20 heavy (non-hydrogen) atoms. The number of hydrogen-bond acceptors (Lipinski definition) is 6. The molecule has 0 saturated carbocycles. The predicted molar refractivity (Wildman–Crippen MR) is 70.7 cm³/mol. The van der Waals surface area contributed by atoms with Gasteiger partial charge in [-0.3, -0.25) is 0 Å². The van der Waals surface area contributed by atoms with Crippen LogP contribution in [0.25, 0.3) is 0 Å². The van der Waals surface area contributed by atoms with Gasteiger partial charge in [0.05, 0.1) is 19.0 Å². The molecule has 0 amide bonds. The molecule has 1 atom stereocenters. The van der Waals surface area contributed by atoms with Crippen molar-refractivity contribution in [2.45, 2.75) is 13.0 Å². The van der Waals surface area contributed by atoms with Crippen LogP contribution in [0.15, 0.2) is 28.9 Å². The molecule has 1 unspecified atom stereocenters. The van der Waals surface area contributed by atoms with Crippen LogP contribution in [-0.2, 0) is 4.74 Å². The quantitative estimate of drug-likeness (QED) is 0.831. The molecule has 0 aliphatic rings. The van der Waals surface area contributed by atoms with E-state index in [-0.39, 0.29) is 11.7 Å². The van der Waals surface area contributed by atoms with Crippen molar-refractivity contribution in [3.05, 3.63) is 41.7 Å². The van der Waals surface area contributed by atoms with Gasteiger partial charge in [0.25, 0.3) is 0 Å². The number of ether oxygens (including phenoxy) is 1. The molecule has 2 aromatic heterocycles. The first-order valence-corrected chi connectivity index (χ1v) is 5.97. The molecule has 0 fully saturated rings. The Bertz CT molecular complexity index is 580. The summed E-state index contributed by atoms with van der Waals surface area (Å²) in [5, 5.41) is 11.9. The minimum absolute atomic E-state index is 0.104. The summed E-state index contributed by atoms with van der Waals surface area (Å²) in [6.07, 6.45) is 2.56. The molecule has 0 radical (unpaired) electrons. The third-order valence-electron chi connectivity index (χ3n) is 2.63. The topological polar surface area (TPSA) is 97.5 Å². The number of aromatic nitrogens is 2. The van der Waals surface area contributed by atoms with Crippen LogP contribution in [0, 0.1) is 6.92 Å². The van der Waals surface area contributed by atoms with Gasteiger partial charge in [0.1, 0.15) is 23.4 Å². The Hall–Kier alpha value is -2.41. The highest BCUT2D eigenvalue weighted by Gasteiger charge is 2.16. The summed E-state index contributed by atoms with van der Waals surface area (Å²) in [7, 11) is 1.59. The average molecular weight is 277 g/mol. The van der Waals surface area contributed by atoms with Gasteiger partial charge in [-0.15, -0.1) is 0 Å². The van der Waals surface area contributed by atoms with E-state index in [2.05, 4.69) is 15.3 Å². The number of aromatic carboxylic acids is 1. The Labute approximate surface area is 115 Å². The number of nitrogens with zero attached hydrogens (tertiary/aromatic N) is 2. The van der Waals surface area contributed by atoms with Crippen LogP contribution < -0.4 is 5.32 Å². The zero-order valence-corrected chi connectivity index (χ0v) is 11.2. The molecule has 2 aromatic rings. The van der Waals surface area contributed by atoms with Gasteiger partial charge in [-0.05, 0) is 19.1 Å². The first-order valence-electron chi connectivity index (χ1n) is 5.97. The second-order valence-electron chi connectivity index (χ2n) is 4.19. The molecule has 0 spiro atoms. The number of carbonyl (C=O) groups is 1. The highest BCUT2D eigenvalue weighted by Crippen LogP contribution is 2.20. The summed E-state index contributed by atoms with van der Waals surface area (Å²) in [6, 6.07) is 3.49. The zero-order chi connectivity index (χ0) is 14.5. The van der Waals surface area contributed by atoms with Crippen molar-refractivity contribution in [1.82, 2.24) is 9.97 Å². The minimum Gasteiger partial charge on any atom is -0.476 e. The zero-order valence-electron chi connectivity index (χ0n) is 11.2. The summed E-state index contributed by atoms with van der Waals surface area (Å²) in [6.45, 7) is 2.24. The van der Waals surface area contributed by atoms with Gasteiger partial charge in [0.15, 0.2) is 5.69 Å². The maximum atomic E-state index is 10.7. The minimum atomic E-state index is -1.11. The highest BCUT2D eigenvalue weighted by molar-refractivity contribution is 5.84. The Morgan fingerprint density at radius 3 is 2.75 bits per heavy atom. The lowest BCUT2D eigenvalue weighted by molar-refractivity contribution is 0.0690. The molecule has 106 valence electrons. The van der Waals surface area contributed by atoms with E-state index in [4.69, 9.17) is 14.3 Å². The van der Waals surface area contributed by atoms with Crippen molar-refractivity contribution in [3.8, 4) is 0 Å². The summed E-state index contributed by atoms with van der Waals surface area (Å²) in [4.78, 5) is 18.5. The largest absolute Gasteiger partial charge is 0.476 e. The molecule has 7 heteroatoms. The van der Waals surface area contributed by atoms with E-state index in [0.29, 0.717) is 18.2 Å². The number of anilines is 1. The number of methoxy groups -OCH3 is 1. The van der Waals surface area contributed by atoms with Crippen LogP contribution >= 0.6 is 0 Å². The first-order chi connectivity index (χ1) is 9.60. The maximum Gasteiger partial charge on any atom is 0.356 e. The van der Waals surface area contributed by atoms with E-state index in [9.17, 15) is 4.79 Å². The summed E-state index contributed by atoms with van der Waals surface area (Å²) < 4.78 is 10.7. The Kier molecular flexibility index (Phi) is 4.31. The van der Waals surface area contributed by atoms with Crippen LogP contribution in [0.2, 0.25) is 0 Å². The molecular formula is C13H15N3O4. The molecule has 0 aliphatic carbocycles. The predicted octanol–water partition coefficient (Wildman–Crippen LogP) is 1.88. The maximum absolute atomic E-state index is 10.7. The Balaban J connectivity index is 2.13. The summed E-state index contributed by atoms with van der Waals surface area (Å²) in [5.74, 6) is 0.855. The fraction of sp³-hybridized carbons (Fsp3) is 0.308. The van der Waals surface area contributed by atoms with Gasteiger partial charge in [0.2, 0.25) is 0 Å². The van der Waals surface area contributed by atoms with Crippen molar-refractivity contribution in [2.75, 3.05) is 19.0 Å². The van der Waals surface area contributed by atoms with Crippen molar-refractivity contribution >= 4 is 11.8 Å². The third-order valence-corrected chi connectivity index (χ3v) is 2.63. The number of furan rings is 1. The SMILES string of the molecule is COCC(Nc1cnc(C(=O)O)cn1)c1ccc(C)o1. The number of carboxylic acid groups (broad SMARTS) is 1. The standard InChI is InChI=1S/C13H15N3O4/c1-8-3-4-11(20-8)10(7-19-2)16-12-6-14-9(5-15-12)13(17)18/h3-6,10H,7H2,1-2H3,(H,15,16)(H,17,18). The number of carboxylic acids is 1. The number of aryl methyl sites for hydroxylation is 1. The molecule has 2 rings (SSSR count). The van der Waals surface area contributed by atoms with Crippen molar-refractivity contribution in [1.29, 1.82) is 0 Å². The molecule has 0 bridgehead atoms. The molecular weight excluding hydrogens is 262 g/mol. The van der Waals surface area contributed by atoms with Crippen LogP contribution in [-0.4, -0.2) is 34.8 Å². The lowest BCUT2D eigenvalue weighted by Gasteiger charge is -2.16. The third kappa shape index (κ3) is 3.33. The number of hydrogen-bond donors (Lipinski definition) is 2. The smallest absolute Gasteiger partial charge is 0.356 e. The van der Waals surface area contributed by atoms with E-state index in [0.717, 1.165) is 5.76 Å². The molecule has 0 aromatic carbocycles. The number of nitrogens with one attached hydrogen (secondary N) is 1. The van der Waals surface area contributed by atoms with Gasteiger partial charge < -0.3 is 19.6 Å². The normalized spacial score (nSPS) is 12.1. The van der Waals surface area contributed by atoms with Crippen molar-refractivity contribution < 1.29 is 19.1 Å². The highest BCUT2D eigenvalue weighted by atomic mass is 16.5. The summed E-state index contributed by atoms with van der Waals surface area (Å²) >= 11 is 0. The molecule has 0 aliphatic heterocycles. The van der Waals surface area contributed by atoms with Crippen LogP contribution in [0.3, 0.4) is 0 Å². The van der Waals surface area contributed by atoms with Crippen molar-refractivity contribution in [2.24, 2.45) is 0 Å². The summed E-state index contributed by atoms with van der Waals surface area (Å²) in [5.41, 5.74) is -0.104. The lowest BCUT2D eigenvalue weighted by Crippen LogP contribution is -2.17. The van der Waals surface area contributed by atoms with E-state index in [1.165, 1.54) is 12.4 Å². The molecule has 2 heterocycles. The van der Waals surface area contributed by atoms with E-state index in [1.807, 2.05) is 19.1 Å². The van der Waals surface area contributed by atoms with Gasteiger partial charge in [-0.2, -0.15) is 0 Å². The average Bonchev–Trinajstić information content (AvgIpc) is 2.85. The van der Waals surface area contributed by atoms with E-state index < -0.39 is 5.97 Å². The molecule has 7 nitrogen and oxygen atoms in total. The monoisotopic (exact) mass is 277 g/mol. The first kappa shape index (κ1) is 14.0. The van der Waals surface area contributed by atoms with Crippen LogP contribution in [0.5, 0.6) is 0 Å². The van der Waals surface area contributed by atoms with E-state index in [1.54, 1.807) is 7.11 Å². The van der Waals surface area contributed by atoms with Crippen molar-refractivity contribution in [3.63, 3.8) is 0 Å². The molecule has 2 N–H and O–H groups in total. The second kappa shape index (κ2) is 6.16. The van der Waals surface area contributed by atoms with Gasteiger partial charge in [0, 0.05) is 7.11 Å². The Morgan fingerprint density at radius 1 is 1.45 bits per heavy atom. The second-order valence-corrected chi connectivity index (χ2v) is 4.19. The number of rotatable bonds is 6. The van der Waals surface area contributed by atoms with Crippen LogP contribution in [0.1, 0.15) is 28.1 Å². The van der Waals surface area contributed by atoms with Gasteiger partial charge in [-0.1, -0.05) is 0 Å². The van der Waals surface area contributed by atoms with Gasteiger partial charge >= 0.3 is 5.97 Å². The van der Waals surface area contributed by atoms with E-state index >= 15 is 0 Å². The fourth-order valence-corrected chi connectivity index (χ4v) is 1.69. The van der Waals surface area contributed by atoms with Crippen LogP contribution in [0.4, 0.5) is 5.82 Å².